The smallest absolute Gasteiger partial charge is 0.246 e. The highest BCUT2D eigenvalue weighted by Crippen LogP contribution is 2.26. The molecule has 28 heavy (non-hydrogen) atoms. The highest BCUT2D eigenvalue weighted by Gasteiger charge is 2.31. The van der Waals surface area contributed by atoms with Gasteiger partial charge in [-0.05, 0) is 43.5 Å². The number of piperazine rings is 1. The number of nitrogens with zero attached hydrogens (tertiary/aromatic N) is 2. The summed E-state index contributed by atoms with van der Waals surface area (Å²) in [6.07, 6.45) is 3.33. The fourth-order valence-corrected chi connectivity index (χ4v) is 5.52. The standard InChI is InChI=1S/C22H26N2O3S/c1-17-15-18(2)22(19(3)16-17)28(26,27)24-13-11-23(12-14-24)21(25)10-9-20-7-5-4-6-8-20/h4-10,15-16H,11-14H2,1-3H3/b10-9+. The highest BCUT2D eigenvalue weighted by atomic mass is 32.2. The molecule has 1 amide bonds. The second-order valence-electron chi connectivity index (χ2n) is 7.20. The van der Waals surface area contributed by atoms with E-state index in [-0.39, 0.29) is 5.91 Å². The van der Waals surface area contributed by atoms with Crippen molar-refractivity contribution < 1.29 is 13.2 Å². The van der Waals surface area contributed by atoms with Gasteiger partial charge in [0.25, 0.3) is 0 Å². The number of rotatable bonds is 4. The molecule has 2 aromatic rings. The Morgan fingerprint density at radius 3 is 2.07 bits per heavy atom. The van der Waals surface area contributed by atoms with Crippen LogP contribution in [0.3, 0.4) is 0 Å². The van der Waals surface area contributed by atoms with E-state index >= 15 is 0 Å². The predicted octanol–water partition coefficient (Wildman–Crippen LogP) is 3.16. The molecule has 0 atom stereocenters. The summed E-state index contributed by atoms with van der Waals surface area (Å²) in [4.78, 5) is 14.5. The Morgan fingerprint density at radius 1 is 0.929 bits per heavy atom. The highest BCUT2D eigenvalue weighted by molar-refractivity contribution is 7.89. The van der Waals surface area contributed by atoms with E-state index in [1.165, 1.54) is 4.31 Å². The second-order valence-corrected chi connectivity index (χ2v) is 9.08. The maximum atomic E-state index is 13.1. The van der Waals surface area contributed by atoms with Crippen LogP contribution in [0.1, 0.15) is 22.3 Å². The number of benzene rings is 2. The zero-order valence-corrected chi connectivity index (χ0v) is 17.4. The first kappa shape index (κ1) is 20.3. The van der Waals surface area contributed by atoms with Gasteiger partial charge in [-0.15, -0.1) is 0 Å². The number of carbonyl (C=O) groups is 1. The molecule has 1 saturated heterocycles. The zero-order chi connectivity index (χ0) is 20.3. The van der Waals surface area contributed by atoms with Crippen molar-refractivity contribution in [2.45, 2.75) is 25.7 Å². The first-order chi connectivity index (χ1) is 13.3. The van der Waals surface area contributed by atoms with Gasteiger partial charge in [-0.2, -0.15) is 4.31 Å². The second kappa shape index (κ2) is 8.29. The first-order valence-electron chi connectivity index (χ1n) is 9.39. The minimum atomic E-state index is -3.57. The van der Waals surface area contributed by atoms with E-state index in [0.29, 0.717) is 31.1 Å². The molecule has 1 fully saturated rings. The molecular weight excluding hydrogens is 372 g/mol. The van der Waals surface area contributed by atoms with Crippen molar-refractivity contribution in [2.24, 2.45) is 0 Å². The van der Waals surface area contributed by atoms with Gasteiger partial charge in [-0.25, -0.2) is 8.42 Å². The molecule has 0 spiro atoms. The summed E-state index contributed by atoms with van der Waals surface area (Å²) in [6.45, 7) is 7.02. The Kier molecular flexibility index (Phi) is 6.01. The lowest BCUT2D eigenvalue weighted by molar-refractivity contribution is -0.127. The summed E-state index contributed by atoms with van der Waals surface area (Å²) in [5.74, 6) is -0.0939. The average Bonchev–Trinajstić information content (AvgIpc) is 2.66. The van der Waals surface area contributed by atoms with Gasteiger partial charge in [0.05, 0.1) is 4.90 Å². The normalized spacial score (nSPS) is 15.9. The van der Waals surface area contributed by atoms with Crippen molar-refractivity contribution in [1.29, 1.82) is 0 Å². The van der Waals surface area contributed by atoms with Crippen LogP contribution < -0.4 is 0 Å². The predicted molar refractivity (Wildman–Crippen MR) is 111 cm³/mol. The van der Waals surface area contributed by atoms with Gasteiger partial charge in [0.2, 0.25) is 15.9 Å². The summed E-state index contributed by atoms with van der Waals surface area (Å²) >= 11 is 0. The van der Waals surface area contributed by atoms with Crippen LogP contribution in [0.4, 0.5) is 0 Å². The quantitative estimate of drug-likeness (QED) is 0.744. The molecule has 0 saturated carbocycles. The molecule has 3 rings (SSSR count). The number of sulfonamides is 1. The molecule has 0 bridgehead atoms. The molecule has 0 aliphatic carbocycles. The number of aryl methyl sites for hydroxylation is 3. The fraction of sp³-hybridized carbons (Fsp3) is 0.318. The molecule has 148 valence electrons. The molecule has 5 nitrogen and oxygen atoms in total. The summed E-state index contributed by atoms with van der Waals surface area (Å²) < 4.78 is 27.8. The van der Waals surface area contributed by atoms with Gasteiger partial charge < -0.3 is 4.90 Å². The van der Waals surface area contributed by atoms with E-state index in [1.54, 1.807) is 17.1 Å². The molecule has 0 aromatic heterocycles. The molecule has 1 aliphatic rings. The Morgan fingerprint density at radius 2 is 1.50 bits per heavy atom. The zero-order valence-electron chi connectivity index (χ0n) is 16.6. The van der Waals surface area contributed by atoms with Crippen LogP contribution >= 0.6 is 0 Å². The van der Waals surface area contributed by atoms with Gasteiger partial charge in [0, 0.05) is 32.3 Å². The van der Waals surface area contributed by atoms with E-state index in [0.717, 1.165) is 22.3 Å². The van der Waals surface area contributed by atoms with Crippen molar-refractivity contribution >= 4 is 22.0 Å². The number of carbonyl (C=O) groups excluding carboxylic acids is 1. The van der Waals surface area contributed by atoms with Crippen LogP contribution in [0.25, 0.3) is 6.08 Å². The van der Waals surface area contributed by atoms with E-state index in [1.807, 2.05) is 63.2 Å². The molecule has 1 heterocycles. The first-order valence-corrected chi connectivity index (χ1v) is 10.8. The summed E-state index contributed by atoms with van der Waals surface area (Å²) in [6, 6.07) is 13.4. The molecule has 0 unspecified atom stereocenters. The van der Waals surface area contributed by atoms with Crippen molar-refractivity contribution in [3.8, 4) is 0 Å². The summed E-state index contributed by atoms with van der Waals surface area (Å²) in [5.41, 5.74) is 3.54. The third kappa shape index (κ3) is 4.34. The Balaban J connectivity index is 1.68. The number of hydrogen-bond acceptors (Lipinski definition) is 3. The van der Waals surface area contributed by atoms with E-state index in [9.17, 15) is 13.2 Å². The van der Waals surface area contributed by atoms with Gasteiger partial charge in [0.1, 0.15) is 0 Å². The Hall–Kier alpha value is -2.44. The van der Waals surface area contributed by atoms with E-state index < -0.39 is 10.0 Å². The topological polar surface area (TPSA) is 57.7 Å². The average molecular weight is 399 g/mol. The minimum absolute atomic E-state index is 0.0939. The van der Waals surface area contributed by atoms with Crippen LogP contribution in [0.5, 0.6) is 0 Å². The van der Waals surface area contributed by atoms with Crippen LogP contribution in [0.15, 0.2) is 53.4 Å². The lowest BCUT2D eigenvalue weighted by Crippen LogP contribution is -2.50. The number of amides is 1. The fourth-order valence-electron chi connectivity index (χ4n) is 3.69. The maximum Gasteiger partial charge on any atom is 0.246 e. The van der Waals surface area contributed by atoms with E-state index in [2.05, 4.69) is 0 Å². The molecule has 0 N–H and O–H groups in total. The van der Waals surface area contributed by atoms with Gasteiger partial charge >= 0.3 is 0 Å². The summed E-state index contributed by atoms with van der Waals surface area (Å²) in [7, 11) is -3.57. The SMILES string of the molecule is Cc1cc(C)c(S(=O)(=O)N2CCN(C(=O)/C=C/c3ccccc3)CC2)c(C)c1. The van der Waals surface area contributed by atoms with Crippen LogP contribution in [-0.2, 0) is 14.8 Å². The lowest BCUT2D eigenvalue weighted by Gasteiger charge is -2.34. The van der Waals surface area contributed by atoms with Crippen LogP contribution in [0, 0.1) is 20.8 Å². The van der Waals surface area contributed by atoms with E-state index in [4.69, 9.17) is 0 Å². The lowest BCUT2D eigenvalue weighted by atomic mass is 10.1. The largest absolute Gasteiger partial charge is 0.337 e. The molecule has 0 radical (unpaired) electrons. The van der Waals surface area contributed by atoms with Crippen molar-refractivity contribution in [3.63, 3.8) is 0 Å². The third-order valence-electron chi connectivity index (χ3n) is 4.97. The molecule has 1 aliphatic heterocycles. The van der Waals surface area contributed by atoms with Gasteiger partial charge in [-0.3, -0.25) is 4.79 Å². The van der Waals surface area contributed by atoms with Gasteiger partial charge in [0.15, 0.2) is 0 Å². The Bertz CT molecular complexity index is 967. The minimum Gasteiger partial charge on any atom is -0.337 e. The van der Waals surface area contributed by atoms with Crippen LogP contribution in [-0.4, -0.2) is 49.7 Å². The monoisotopic (exact) mass is 398 g/mol. The third-order valence-corrected chi connectivity index (χ3v) is 7.18. The van der Waals surface area contributed by atoms with Crippen LogP contribution in [0.2, 0.25) is 0 Å². The molecular formula is C22H26N2O3S. The van der Waals surface area contributed by atoms with Gasteiger partial charge in [-0.1, -0.05) is 48.0 Å². The Labute approximate surface area is 167 Å². The van der Waals surface area contributed by atoms with Crippen molar-refractivity contribution in [3.05, 3.63) is 70.8 Å². The van der Waals surface area contributed by atoms with Crippen molar-refractivity contribution in [1.82, 2.24) is 9.21 Å². The molecule has 6 heteroatoms. The van der Waals surface area contributed by atoms with Crippen molar-refractivity contribution in [2.75, 3.05) is 26.2 Å². The molecule has 2 aromatic carbocycles. The maximum absolute atomic E-state index is 13.1. The number of hydrogen-bond donors (Lipinski definition) is 0. The summed E-state index contributed by atoms with van der Waals surface area (Å²) in [5, 5.41) is 0.